The Bertz CT molecular complexity index is 553. The Labute approximate surface area is 131 Å². The largest absolute Gasteiger partial charge is 0.370 e. The molecule has 0 saturated carbocycles. The van der Waals surface area contributed by atoms with Gasteiger partial charge >= 0.3 is 0 Å². The summed E-state index contributed by atoms with van der Waals surface area (Å²) in [5.41, 5.74) is 5.94. The van der Waals surface area contributed by atoms with Crippen LogP contribution in [0.2, 0.25) is 5.02 Å². The zero-order valence-corrected chi connectivity index (χ0v) is 13.4. The van der Waals surface area contributed by atoms with Crippen LogP contribution in [0.4, 0.5) is 5.69 Å². The second kappa shape index (κ2) is 5.20. The summed E-state index contributed by atoms with van der Waals surface area (Å²) < 4.78 is 0.810. The molecule has 2 aliphatic rings. The molecule has 0 aromatic heterocycles. The Hall–Kier alpha value is -0.780. The number of nitrogens with one attached hydrogen (secondary N) is 1. The highest BCUT2D eigenvalue weighted by Gasteiger charge is 2.53. The highest BCUT2D eigenvalue weighted by molar-refractivity contribution is 9.10. The molecule has 3 rings (SSSR count). The number of anilines is 1. The van der Waals surface area contributed by atoms with Crippen molar-refractivity contribution < 1.29 is 4.79 Å². The van der Waals surface area contributed by atoms with E-state index in [1.165, 1.54) is 0 Å². The number of amides is 1. The highest BCUT2D eigenvalue weighted by atomic mass is 79.9. The Morgan fingerprint density at radius 2 is 2.30 bits per heavy atom. The summed E-state index contributed by atoms with van der Waals surface area (Å²) in [7, 11) is 0. The van der Waals surface area contributed by atoms with Crippen LogP contribution in [0.5, 0.6) is 0 Å². The number of primary amides is 1. The monoisotopic (exact) mass is 357 g/mol. The average Bonchev–Trinajstić information content (AvgIpc) is 2.98. The lowest BCUT2D eigenvalue weighted by Crippen LogP contribution is -2.57. The van der Waals surface area contributed by atoms with Crippen LogP contribution in [0.25, 0.3) is 0 Å². The van der Waals surface area contributed by atoms with E-state index in [0.29, 0.717) is 5.02 Å². The smallest absolute Gasteiger partial charge is 0.244 e. The van der Waals surface area contributed by atoms with Crippen LogP contribution in [0.1, 0.15) is 19.3 Å². The molecule has 0 radical (unpaired) electrons. The zero-order chi connectivity index (χ0) is 14.3. The molecular weight excluding hydrogens is 342 g/mol. The Kier molecular flexibility index (Phi) is 3.69. The Balaban J connectivity index is 1.92. The van der Waals surface area contributed by atoms with Crippen LogP contribution >= 0.6 is 27.5 Å². The van der Waals surface area contributed by atoms with Crippen molar-refractivity contribution >= 4 is 39.1 Å². The van der Waals surface area contributed by atoms with Gasteiger partial charge in [-0.2, -0.15) is 0 Å². The van der Waals surface area contributed by atoms with Gasteiger partial charge in [0.05, 0.1) is 5.02 Å². The van der Waals surface area contributed by atoms with Crippen molar-refractivity contribution in [2.24, 2.45) is 5.73 Å². The molecule has 6 heteroatoms. The number of fused-ring (bicyclic) bond motifs is 1. The van der Waals surface area contributed by atoms with Crippen LogP contribution in [0.15, 0.2) is 22.7 Å². The zero-order valence-electron chi connectivity index (χ0n) is 11.0. The van der Waals surface area contributed by atoms with Crippen LogP contribution in [-0.4, -0.2) is 35.5 Å². The number of benzene rings is 1. The molecular formula is C14H17BrClN3O. The lowest BCUT2D eigenvalue weighted by molar-refractivity contribution is -0.122. The first-order valence-electron chi connectivity index (χ1n) is 6.80. The number of carbonyl (C=O) groups is 1. The third-order valence-electron chi connectivity index (χ3n) is 4.45. The molecule has 2 fully saturated rings. The van der Waals surface area contributed by atoms with Gasteiger partial charge in [0.25, 0.3) is 0 Å². The minimum absolute atomic E-state index is 0.203. The fraction of sp³-hybridized carbons (Fsp3) is 0.500. The third kappa shape index (κ3) is 2.22. The summed E-state index contributed by atoms with van der Waals surface area (Å²) in [5, 5.41) is 4.04. The van der Waals surface area contributed by atoms with Gasteiger partial charge in [0.1, 0.15) is 5.54 Å². The van der Waals surface area contributed by atoms with E-state index >= 15 is 0 Å². The van der Waals surface area contributed by atoms with Gasteiger partial charge in [-0.1, -0.05) is 11.6 Å². The van der Waals surface area contributed by atoms with E-state index in [1.54, 1.807) is 0 Å². The second-order valence-electron chi connectivity index (χ2n) is 5.53. The van der Waals surface area contributed by atoms with Gasteiger partial charge in [0.15, 0.2) is 0 Å². The molecule has 1 amide bonds. The molecule has 2 heterocycles. The maximum absolute atomic E-state index is 12.1. The van der Waals surface area contributed by atoms with Crippen LogP contribution in [-0.2, 0) is 4.79 Å². The average molecular weight is 359 g/mol. The molecule has 2 aliphatic heterocycles. The molecule has 3 N–H and O–H groups in total. The van der Waals surface area contributed by atoms with Gasteiger partial charge in [-0.3, -0.25) is 9.69 Å². The van der Waals surface area contributed by atoms with Crippen molar-refractivity contribution in [2.75, 3.05) is 18.4 Å². The van der Waals surface area contributed by atoms with Gasteiger partial charge < -0.3 is 11.1 Å². The summed E-state index contributed by atoms with van der Waals surface area (Å²) in [6, 6.07) is 5.79. The van der Waals surface area contributed by atoms with Crippen molar-refractivity contribution in [3.63, 3.8) is 0 Å². The number of hydrogen-bond acceptors (Lipinski definition) is 3. The fourth-order valence-electron chi connectivity index (χ4n) is 3.46. The van der Waals surface area contributed by atoms with E-state index in [1.807, 2.05) is 18.2 Å². The van der Waals surface area contributed by atoms with Crippen LogP contribution in [0.3, 0.4) is 0 Å². The number of rotatable bonds is 3. The molecule has 2 saturated heterocycles. The summed E-state index contributed by atoms with van der Waals surface area (Å²) >= 11 is 9.42. The van der Waals surface area contributed by atoms with Gasteiger partial charge in [-0.15, -0.1) is 0 Å². The summed E-state index contributed by atoms with van der Waals surface area (Å²) in [6.07, 6.45) is 2.91. The molecule has 1 aromatic carbocycles. The van der Waals surface area contributed by atoms with E-state index in [4.69, 9.17) is 17.3 Å². The molecule has 20 heavy (non-hydrogen) atoms. The fourth-order valence-corrected chi connectivity index (χ4v) is 3.96. The quantitative estimate of drug-likeness (QED) is 0.873. The Morgan fingerprint density at radius 3 is 3.00 bits per heavy atom. The number of nitrogens with zero attached hydrogens (tertiary/aromatic N) is 1. The standard InChI is InChI=1S/C14H17BrClN3O/c15-10-8-9(3-4-11(10)16)18-14(13(17)20)5-7-19-6-1-2-12(14)19/h3-4,8,12,18H,1-2,5-7H2,(H2,17,20). The van der Waals surface area contributed by atoms with Gasteiger partial charge in [0.2, 0.25) is 5.91 Å². The molecule has 108 valence electrons. The van der Waals surface area contributed by atoms with E-state index in [0.717, 1.165) is 42.5 Å². The topological polar surface area (TPSA) is 58.4 Å². The maximum atomic E-state index is 12.1. The Morgan fingerprint density at radius 1 is 1.50 bits per heavy atom. The predicted octanol–water partition coefficient (Wildman–Crippen LogP) is 2.61. The van der Waals surface area contributed by atoms with Crippen molar-refractivity contribution in [1.82, 2.24) is 4.90 Å². The van der Waals surface area contributed by atoms with Crippen molar-refractivity contribution in [3.05, 3.63) is 27.7 Å². The van der Waals surface area contributed by atoms with E-state index in [2.05, 4.69) is 26.1 Å². The first-order valence-corrected chi connectivity index (χ1v) is 7.97. The minimum atomic E-state index is -0.663. The molecule has 0 aliphatic carbocycles. The molecule has 1 aromatic rings. The minimum Gasteiger partial charge on any atom is -0.370 e. The lowest BCUT2D eigenvalue weighted by Gasteiger charge is -2.34. The lowest BCUT2D eigenvalue weighted by atomic mass is 9.87. The van der Waals surface area contributed by atoms with Gasteiger partial charge in [-0.05, 0) is 59.9 Å². The van der Waals surface area contributed by atoms with E-state index in [9.17, 15) is 4.79 Å². The van der Waals surface area contributed by atoms with Gasteiger partial charge in [0, 0.05) is 22.7 Å². The SMILES string of the molecule is NC(=O)C1(Nc2ccc(Cl)c(Br)c2)CCN2CCCC21. The molecule has 0 spiro atoms. The first kappa shape index (κ1) is 14.2. The molecule has 4 nitrogen and oxygen atoms in total. The summed E-state index contributed by atoms with van der Waals surface area (Å²) in [5.74, 6) is -0.266. The van der Waals surface area contributed by atoms with E-state index in [-0.39, 0.29) is 11.9 Å². The molecule has 2 atom stereocenters. The summed E-state index contributed by atoms with van der Waals surface area (Å²) in [4.78, 5) is 14.5. The van der Waals surface area contributed by atoms with Gasteiger partial charge in [-0.25, -0.2) is 0 Å². The maximum Gasteiger partial charge on any atom is 0.244 e. The molecule has 2 unspecified atom stereocenters. The normalized spacial score (nSPS) is 29.4. The first-order chi connectivity index (χ1) is 9.53. The van der Waals surface area contributed by atoms with Crippen LogP contribution in [0, 0.1) is 0 Å². The number of carbonyl (C=O) groups excluding carboxylic acids is 1. The number of halogens is 2. The predicted molar refractivity (Wildman–Crippen MR) is 83.9 cm³/mol. The highest BCUT2D eigenvalue weighted by Crippen LogP contribution is 2.39. The van der Waals surface area contributed by atoms with E-state index < -0.39 is 5.54 Å². The summed E-state index contributed by atoms with van der Waals surface area (Å²) in [6.45, 7) is 1.99. The van der Waals surface area contributed by atoms with Crippen molar-refractivity contribution in [1.29, 1.82) is 0 Å². The number of nitrogens with two attached hydrogens (primary N) is 1. The second-order valence-corrected chi connectivity index (χ2v) is 6.80. The van der Waals surface area contributed by atoms with Crippen molar-refractivity contribution in [2.45, 2.75) is 30.8 Å². The van der Waals surface area contributed by atoms with Crippen molar-refractivity contribution in [3.8, 4) is 0 Å². The molecule has 0 bridgehead atoms. The van der Waals surface area contributed by atoms with Crippen LogP contribution < -0.4 is 11.1 Å². The number of hydrogen-bond donors (Lipinski definition) is 2. The third-order valence-corrected chi connectivity index (χ3v) is 5.67.